The highest BCUT2D eigenvalue weighted by Gasteiger charge is 2.20. The van der Waals surface area contributed by atoms with Gasteiger partial charge in [0.1, 0.15) is 0 Å². The highest BCUT2D eigenvalue weighted by atomic mass is 16.1. The van der Waals surface area contributed by atoms with E-state index in [9.17, 15) is 4.79 Å². The number of primary amides is 1. The van der Waals surface area contributed by atoms with Crippen molar-refractivity contribution in [3.05, 3.63) is 0 Å². The molecule has 1 unspecified atom stereocenters. The second kappa shape index (κ2) is 3.74. The molecule has 1 atom stereocenters. The summed E-state index contributed by atoms with van der Waals surface area (Å²) in [5, 5.41) is 0. The minimum Gasteiger partial charge on any atom is -0.369 e. The van der Waals surface area contributed by atoms with E-state index in [-0.39, 0.29) is 17.2 Å². The first-order valence-electron chi connectivity index (χ1n) is 4.16. The molecule has 2 nitrogen and oxygen atoms in total. The van der Waals surface area contributed by atoms with E-state index in [4.69, 9.17) is 5.73 Å². The summed E-state index contributed by atoms with van der Waals surface area (Å²) in [7, 11) is 0. The van der Waals surface area contributed by atoms with Crippen LogP contribution in [0.2, 0.25) is 0 Å². The van der Waals surface area contributed by atoms with Crippen LogP contribution in [0.3, 0.4) is 0 Å². The zero-order valence-electron chi connectivity index (χ0n) is 7.98. The Bertz CT molecular complexity index is 135. The molecular formula is C9H19NO. The highest BCUT2D eigenvalue weighted by molar-refractivity contribution is 5.76. The molecule has 2 heteroatoms. The van der Waals surface area contributed by atoms with E-state index in [0.29, 0.717) is 0 Å². The van der Waals surface area contributed by atoms with E-state index in [1.165, 1.54) is 0 Å². The number of nitrogens with two attached hydrogens (primary N) is 1. The van der Waals surface area contributed by atoms with Crippen molar-refractivity contribution in [2.24, 2.45) is 17.1 Å². The second-order valence-corrected chi connectivity index (χ2v) is 4.27. The smallest absolute Gasteiger partial charge is 0.220 e. The Labute approximate surface area is 69.2 Å². The molecule has 0 radical (unpaired) electrons. The van der Waals surface area contributed by atoms with Crippen LogP contribution >= 0.6 is 0 Å². The standard InChI is InChI=1S/C9H19NO/c1-5-7(8(10)11)6-9(2,3)4/h7H,5-6H2,1-4H3,(H2,10,11). The van der Waals surface area contributed by atoms with E-state index in [2.05, 4.69) is 20.8 Å². The first kappa shape index (κ1) is 10.5. The van der Waals surface area contributed by atoms with Crippen LogP contribution in [0.5, 0.6) is 0 Å². The number of rotatable bonds is 3. The van der Waals surface area contributed by atoms with Crippen LogP contribution in [-0.2, 0) is 4.79 Å². The number of hydrogen-bond donors (Lipinski definition) is 1. The molecule has 2 N–H and O–H groups in total. The van der Waals surface area contributed by atoms with Gasteiger partial charge in [0.25, 0.3) is 0 Å². The van der Waals surface area contributed by atoms with Crippen molar-refractivity contribution in [1.82, 2.24) is 0 Å². The first-order chi connectivity index (χ1) is 4.87. The van der Waals surface area contributed by atoms with E-state index < -0.39 is 0 Å². The van der Waals surface area contributed by atoms with E-state index in [0.717, 1.165) is 12.8 Å². The zero-order valence-corrected chi connectivity index (χ0v) is 7.98. The molecule has 1 amide bonds. The van der Waals surface area contributed by atoms with Crippen molar-refractivity contribution in [3.63, 3.8) is 0 Å². The zero-order chi connectivity index (χ0) is 9.07. The van der Waals surface area contributed by atoms with Gasteiger partial charge in [0, 0.05) is 5.92 Å². The topological polar surface area (TPSA) is 43.1 Å². The average molecular weight is 157 g/mol. The average Bonchev–Trinajstić information content (AvgIpc) is 1.80. The molecule has 0 aromatic heterocycles. The Hall–Kier alpha value is -0.530. The lowest BCUT2D eigenvalue weighted by atomic mass is 9.83. The van der Waals surface area contributed by atoms with Crippen LogP contribution < -0.4 is 5.73 Å². The SMILES string of the molecule is CCC(CC(C)(C)C)C(N)=O. The molecule has 11 heavy (non-hydrogen) atoms. The van der Waals surface area contributed by atoms with E-state index in [1.807, 2.05) is 6.92 Å². The van der Waals surface area contributed by atoms with Gasteiger partial charge in [0.2, 0.25) is 5.91 Å². The van der Waals surface area contributed by atoms with Gasteiger partial charge < -0.3 is 5.73 Å². The Kier molecular flexibility index (Phi) is 3.56. The van der Waals surface area contributed by atoms with Crippen LogP contribution in [0.4, 0.5) is 0 Å². The summed E-state index contributed by atoms with van der Waals surface area (Å²) in [5.41, 5.74) is 5.42. The fourth-order valence-electron chi connectivity index (χ4n) is 1.19. The molecule has 0 aliphatic carbocycles. The Morgan fingerprint density at radius 3 is 2.00 bits per heavy atom. The quantitative estimate of drug-likeness (QED) is 0.668. The Morgan fingerprint density at radius 1 is 1.45 bits per heavy atom. The Balaban J connectivity index is 3.99. The van der Waals surface area contributed by atoms with Gasteiger partial charge in [-0.2, -0.15) is 0 Å². The van der Waals surface area contributed by atoms with Crippen molar-refractivity contribution < 1.29 is 4.79 Å². The summed E-state index contributed by atoms with van der Waals surface area (Å²) in [6, 6.07) is 0. The van der Waals surface area contributed by atoms with Crippen molar-refractivity contribution in [3.8, 4) is 0 Å². The van der Waals surface area contributed by atoms with Gasteiger partial charge in [-0.25, -0.2) is 0 Å². The molecule has 0 saturated heterocycles. The summed E-state index contributed by atoms with van der Waals surface area (Å²) in [5.74, 6) is -0.113. The van der Waals surface area contributed by atoms with Gasteiger partial charge in [-0.1, -0.05) is 27.7 Å². The molecule has 0 aliphatic rings. The van der Waals surface area contributed by atoms with E-state index >= 15 is 0 Å². The second-order valence-electron chi connectivity index (χ2n) is 4.27. The van der Waals surface area contributed by atoms with E-state index in [1.54, 1.807) is 0 Å². The summed E-state index contributed by atoms with van der Waals surface area (Å²) in [6.45, 7) is 8.37. The predicted octanol–water partition coefficient (Wildman–Crippen LogP) is 1.93. The number of carbonyl (C=O) groups is 1. The molecule has 0 aromatic carbocycles. The minimum atomic E-state index is -0.164. The lowest BCUT2D eigenvalue weighted by molar-refractivity contribution is -0.122. The first-order valence-corrected chi connectivity index (χ1v) is 4.16. The maximum absolute atomic E-state index is 10.8. The third-order valence-electron chi connectivity index (χ3n) is 1.75. The maximum Gasteiger partial charge on any atom is 0.220 e. The molecule has 0 bridgehead atoms. The third kappa shape index (κ3) is 4.82. The molecule has 0 fully saturated rings. The minimum absolute atomic E-state index is 0.0509. The third-order valence-corrected chi connectivity index (χ3v) is 1.75. The predicted molar refractivity (Wildman–Crippen MR) is 47.0 cm³/mol. The summed E-state index contributed by atoms with van der Waals surface area (Å²) >= 11 is 0. The van der Waals surface area contributed by atoms with Gasteiger partial charge in [0.05, 0.1) is 0 Å². The van der Waals surface area contributed by atoms with Crippen LogP contribution in [0, 0.1) is 11.3 Å². The monoisotopic (exact) mass is 157 g/mol. The van der Waals surface area contributed by atoms with Crippen molar-refractivity contribution in [2.45, 2.75) is 40.5 Å². The van der Waals surface area contributed by atoms with Crippen molar-refractivity contribution >= 4 is 5.91 Å². The fourth-order valence-corrected chi connectivity index (χ4v) is 1.19. The van der Waals surface area contributed by atoms with Crippen LogP contribution in [0.1, 0.15) is 40.5 Å². The summed E-state index contributed by atoms with van der Waals surface area (Å²) in [4.78, 5) is 10.8. The number of hydrogen-bond acceptors (Lipinski definition) is 1. The van der Waals surface area contributed by atoms with Gasteiger partial charge in [-0.15, -0.1) is 0 Å². The normalized spacial score (nSPS) is 14.5. The van der Waals surface area contributed by atoms with Crippen molar-refractivity contribution in [2.75, 3.05) is 0 Å². The molecule has 0 aromatic rings. The molecular weight excluding hydrogens is 138 g/mol. The lowest BCUT2D eigenvalue weighted by Crippen LogP contribution is -2.26. The van der Waals surface area contributed by atoms with Gasteiger partial charge in [-0.05, 0) is 18.3 Å². The highest BCUT2D eigenvalue weighted by Crippen LogP contribution is 2.25. The molecule has 0 rings (SSSR count). The van der Waals surface area contributed by atoms with Gasteiger partial charge in [0.15, 0.2) is 0 Å². The summed E-state index contributed by atoms with van der Waals surface area (Å²) < 4.78 is 0. The fraction of sp³-hybridized carbons (Fsp3) is 0.889. The molecule has 0 saturated carbocycles. The Morgan fingerprint density at radius 2 is 1.91 bits per heavy atom. The molecule has 0 heterocycles. The molecule has 66 valence electrons. The van der Waals surface area contributed by atoms with Crippen LogP contribution in [0.25, 0.3) is 0 Å². The molecule has 0 spiro atoms. The lowest BCUT2D eigenvalue weighted by Gasteiger charge is -2.22. The maximum atomic E-state index is 10.8. The number of carbonyl (C=O) groups excluding carboxylic acids is 1. The largest absolute Gasteiger partial charge is 0.369 e. The van der Waals surface area contributed by atoms with Gasteiger partial charge >= 0.3 is 0 Å². The van der Waals surface area contributed by atoms with Crippen LogP contribution in [-0.4, -0.2) is 5.91 Å². The van der Waals surface area contributed by atoms with Gasteiger partial charge in [-0.3, -0.25) is 4.79 Å². The van der Waals surface area contributed by atoms with Crippen molar-refractivity contribution in [1.29, 1.82) is 0 Å². The van der Waals surface area contributed by atoms with Crippen LogP contribution in [0.15, 0.2) is 0 Å². The molecule has 0 aliphatic heterocycles. The summed E-state index contributed by atoms with van der Waals surface area (Å²) in [6.07, 6.45) is 1.74. The number of amides is 1.